The number of nitrogens with one attached hydrogen (secondary N) is 1. The molecule has 1 unspecified atom stereocenters. The van der Waals surface area contributed by atoms with Crippen LogP contribution in [-0.2, 0) is 0 Å². The summed E-state index contributed by atoms with van der Waals surface area (Å²) in [6.45, 7) is 2.31. The average Bonchev–Trinajstić information content (AvgIpc) is 2.86. The smallest absolute Gasteiger partial charge is 0.0818 e. The molecule has 2 N–H and O–H groups in total. The van der Waals surface area contributed by atoms with E-state index in [1.54, 1.807) is 0 Å². The van der Waals surface area contributed by atoms with Crippen molar-refractivity contribution in [1.82, 2.24) is 4.98 Å². The standard InChI is InChI=1S/C16H21NO/c1-11-2-4-12(5-3-11)16(18)14-6-7-15-13(10-14)8-9-17-15/h6-12,16-18H,2-5H2,1H3. The summed E-state index contributed by atoms with van der Waals surface area (Å²) in [5.41, 5.74) is 2.21. The highest BCUT2D eigenvalue weighted by Crippen LogP contribution is 2.37. The summed E-state index contributed by atoms with van der Waals surface area (Å²) in [5, 5.41) is 11.7. The van der Waals surface area contributed by atoms with Gasteiger partial charge in [0.15, 0.2) is 0 Å². The van der Waals surface area contributed by atoms with Crippen LogP contribution in [0.2, 0.25) is 0 Å². The van der Waals surface area contributed by atoms with E-state index in [1.165, 1.54) is 18.2 Å². The number of aromatic nitrogens is 1. The van der Waals surface area contributed by atoms with E-state index < -0.39 is 0 Å². The minimum atomic E-state index is -0.295. The van der Waals surface area contributed by atoms with Gasteiger partial charge in [-0.15, -0.1) is 0 Å². The fraction of sp³-hybridized carbons (Fsp3) is 0.500. The molecule has 3 rings (SSSR count). The van der Waals surface area contributed by atoms with Gasteiger partial charge in [0.05, 0.1) is 6.10 Å². The molecule has 0 saturated heterocycles. The summed E-state index contributed by atoms with van der Waals surface area (Å²) >= 11 is 0. The molecule has 1 heterocycles. The van der Waals surface area contributed by atoms with Crippen LogP contribution in [0.3, 0.4) is 0 Å². The molecule has 2 nitrogen and oxygen atoms in total. The Bertz CT molecular complexity index is 523. The molecule has 2 heteroatoms. The lowest BCUT2D eigenvalue weighted by Gasteiger charge is -2.30. The Morgan fingerprint density at radius 2 is 1.94 bits per heavy atom. The number of hydrogen-bond donors (Lipinski definition) is 2. The Kier molecular flexibility index (Phi) is 3.13. The maximum absolute atomic E-state index is 10.5. The second-order valence-electron chi connectivity index (χ2n) is 5.79. The van der Waals surface area contributed by atoms with Gasteiger partial charge in [-0.2, -0.15) is 0 Å². The first-order valence-electron chi connectivity index (χ1n) is 6.99. The van der Waals surface area contributed by atoms with E-state index in [4.69, 9.17) is 0 Å². The van der Waals surface area contributed by atoms with Crippen LogP contribution >= 0.6 is 0 Å². The molecule has 1 aromatic heterocycles. The Morgan fingerprint density at radius 1 is 1.17 bits per heavy atom. The maximum Gasteiger partial charge on any atom is 0.0818 e. The van der Waals surface area contributed by atoms with Gasteiger partial charge in [-0.25, -0.2) is 0 Å². The van der Waals surface area contributed by atoms with Crippen LogP contribution in [0.4, 0.5) is 0 Å². The zero-order valence-electron chi connectivity index (χ0n) is 10.9. The predicted molar refractivity (Wildman–Crippen MR) is 74.4 cm³/mol. The van der Waals surface area contributed by atoms with Crippen molar-refractivity contribution in [3.8, 4) is 0 Å². The third-order valence-electron chi connectivity index (χ3n) is 4.43. The largest absolute Gasteiger partial charge is 0.388 e. The number of aliphatic hydroxyl groups excluding tert-OH is 1. The third-order valence-corrected chi connectivity index (χ3v) is 4.43. The Morgan fingerprint density at radius 3 is 2.72 bits per heavy atom. The first-order chi connectivity index (χ1) is 8.74. The topological polar surface area (TPSA) is 36.0 Å². The Balaban J connectivity index is 1.80. The highest BCUT2D eigenvalue weighted by Gasteiger charge is 2.25. The number of benzene rings is 1. The molecule has 1 saturated carbocycles. The van der Waals surface area contributed by atoms with E-state index in [0.29, 0.717) is 5.92 Å². The van der Waals surface area contributed by atoms with E-state index in [1.807, 2.05) is 6.20 Å². The summed E-state index contributed by atoms with van der Waals surface area (Å²) < 4.78 is 0. The van der Waals surface area contributed by atoms with Crippen LogP contribution in [0.5, 0.6) is 0 Å². The van der Waals surface area contributed by atoms with Crippen molar-refractivity contribution in [2.75, 3.05) is 0 Å². The molecule has 2 aromatic rings. The van der Waals surface area contributed by atoms with E-state index in [-0.39, 0.29) is 6.10 Å². The molecule has 0 amide bonds. The second kappa shape index (κ2) is 4.77. The molecule has 0 spiro atoms. The summed E-state index contributed by atoms with van der Waals surface area (Å²) in [4.78, 5) is 3.19. The van der Waals surface area contributed by atoms with Crippen molar-refractivity contribution in [2.24, 2.45) is 11.8 Å². The number of rotatable bonds is 2. The molecule has 0 aliphatic heterocycles. The van der Waals surface area contributed by atoms with E-state index >= 15 is 0 Å². The lowest BCUT2D eigenvalue weighted by Crippen LogP contribution is -2.19. The molecule has 18 heavy (non-hydrogen) atoms. The summed E-state index contributed by atoms with van der Waals surface area (Å²) in [6.07, 6.45) is 6.49. The monoisotopic (exact) mass is 243 g/mol. The fourth-order valence-corrected chi connectivity index (χ4v) is 3.13. The second-order valence-corrected chi connectivity index (χ2v) is 5.79. The SMILES string of the molecule is CC1CCC(C(O)c2ccc3[nH]ccc3c2)CC1. The molecule has 1 fully saturated rings. The Hall–Kier alpha value is -1.28. The molecule has 1 atom stereocenters. The lowest BCUT2D eigenvalue weighted by molar-refractivity contribution is 0.0757. The highest BCUT2D eigenvalue weighted by atomic mass is 16.3. The molecule has 96 valence electrons. The quantitative estimate of drug-likeness (QED) is 0.821. The third kappa shape index (κ3) is 2.17. The summed E-state index contributed by atoms with van der Waals surface area (Å²) in [7, 11) is 0. The molecule has 0 radical (unpaired) electrons. The van der Waals surface area contributed by atoms with Crippen LogP contribution in [0.1, 0.15) is 44.3 Å². The number of aromatic amines is 1. The minimum absolute atomic E-state index is 0.295. The summed E-state index contributed by atoms with van der Waals surface area (Å²) in [6, 6.07) is 8.31. The first kappa shape index (κ1) is 11.8. The van der Waals surface area contributed by atoms with Crippen LogP contribution in [-0.4, -0.2) is 10.1 Å². The van der Waals surface area contributed by atoms with Crippen molar-refractivity contribution in [3.05, 3.63) is 36.0 Å². The van der Waals surface area contributed by atoms with Gasteiger partial charge in [0, 0.05) is 11.7 Å². The first-order valence-corrected chi connectivity index (χ1v) is 6.99. The van der Waals surface area contributed by atoms with Gasteiger partial charge in [0.25, 0.3) is 0 Å². The zero-order chi connectivity index (χ0) is 12.5. The van der Waals surface area contributed by atoms with Crippen LogP contribution in [0, 0.1) is 11.8 Å². The van der Waals surface area contributed by atoms with Gasteiger partial charge in [0.1, 0.15) is 0 Å². The number of aliphatic hydroxyl groups is 1. The molecule has 1 aromatic carbocycles. The van der Waals surface area contributed by atoms with E-state index in [2.05, 4.69) is 36.2 Å². The van der Waals surface area contributed by atoms with Crippen LogP contribution in [0.15, 0.2) is 30.5 Å². The fourth-order valence-electron chi connectivity index (χ4n) is 3.13. The maximum atomic E-state index is 10.5. The van der Waals surface area contributed by atoms with Gasteiger partial charge < -0.3 is 10.1 Å². The van der Waals surface area contributed by atoms with Gasteiger partial charge in [-0.05, 0) is 53.8 Å². The van der Waals surface area contributed by atoms with E-state index in [9.17, 15) is 5.11 Å². The molecule has 1 aliphatic carbocycles. The minimum Gasteiger partial charge on any atom is -0.388 e. The van der Waals surface area contributed by atoms with Gasteiger partial charge in [0.2, 0.25) is 0 Å². The Labute approximate surface area is 108 Å². The van der Waals surface area contributed by atoms with Crippen molar-refractivity contribution < 1.29 is 5.11 Å². The van der Waals surface area contributed by atoms with Crippen molar-refractivity contribution >= 4 is 10.9 Å². The van der Waals surface area contributed by atoms with Gasteiger partial charge >= 0.3 is 0 Å². The van der Waals surface area contributed by atoms with Crippen LogP contribution < -0.4 is 0 Å². The molecule has 0 bridgehead atoms. The predicted octanol–water partition coefficient (Wildman–Crippen LogP) is 4.03. The molecule has 1 aliphatic rings. The molecular formula is C16H21NO. The highest BCUT2D eigenvalue weighted by molar-refractivity contribution is 5.80. The lowest BCUT2D eigenvalue weighted by atomic mass is 9.78. The van der Waals surface area contributed by atoms with E-state index in [0.717, 1.165) is 29.8 Å². The van der Waals surface area contributed by atoms with Crippen molar-refractivity contribution in [2.45, 2.75) is 38.7 Å². The van der Waals surface area contributed by atoms with Gasteiger partial charge in [-0.1, -0.05) is 25.8 Å². The normalized spacial score (nSPS) is 26.3. The summed E-state index contributed by atoms with van der Waals surface area (Å²) in [5.74, 6) is 1.28. The van der Waals surface area contributed by atoms with Crippen LogP contribution in [0.25, 0.3) is 10.9 Å². The van der Waals surface area contributed by atoms with Crippen molar-refractivity contribution in [1.29, 1.82) is 0 Å². The average molecular weight is 243 g/mol. The molecular weight excluding hydrogens is 222 g/mol. The zero-order valence-corrected chi connectivity index (χ0v) is 10.9. The number of hydrogen-bond acceptors (Lipinski definition) is 1. The van der Waals surface area contributed by atoms with Gasteiger partial charge in [-0.3, -0.25) is 0 Å². The number of fused-ring (bicyclic) bond motifs is 1. The number of H-pyrrole nitrogens is 1. The van der Waals surface area contributed by atoms with Crippen molar-refractivity contribution in [3.63, 3.8) is 0 Å².